The van der Waals surface area contributed by atoms with Crippen LogP contribution in [-0.4, -0.2) is 72.7 Å². The van der Waals surface area contributed by atoms with Crippen LogP contribution < -0.4 is 0 Å². The van der Waals surface area contributed by atoms with Crippen molar-refractivity contribution < 1.29 is 43.5 Å². The van der Waals surface area contributed by atoms with Gasteiger partial charge >= 0.3 is 11.9 Å². The standard InChI is InChI=1S/C21H28O9/c1-12(10-26-4)17(22)28-15-9-20(3,24)21(25)7-6-19(2,30-21)8-14-16(15)13(11-27-5)18(23)29-14/h8,15,24-25H,1,6-7,9-11H2,2-5H3/b14-8+/t15-,19+,20+,21-/m0/s1. The third-order valence-electron chi connectivity index (χ3n) is 5.73. The van der Waals surface area contributed by atoms with Crippen LogP contribution in [0.15, 0.2) is 35.1 Å². The molecule has 0 spiro atoms. The van der Waals surface area contributed by atoms with E-state index < -0.39 is 35.0 Å². The second-order valence-corrected chi connectivity index (χ2v) is 8.33. The van der Waals surface area contributed by atoms with E-state index in [4.69, 9.17) is 23.7 Å². The Morgan fingerprint density at radius 1 is 1.27 bits per heavy atom. The molecule has 1 saturated heterocycles. The number of hydrogen-bond acceptors (Lipinski definition) is 9. The summed E-state index contributed by atoms with van der Waals surface area (Å²) in [5.74, 6) is -3.11. The molecule has 0 aromatic rings. The topological polar surface area (TPSA) is 121 Å². The van der Waals surface area contributed by atoms with Crippen LogP contribution in [0.3, 0.4) is 0 Å². The van der Waals surface area contributed by atoms with E-state index in [-0.39, 0.29) is 48.5 Å². The molecule has 0 aliphatic carbocycles. The molecule has 0 unspecified atom stereocenters. The van der Waals surface area contributed by atoms with E-state index in [1.54, 1.807) is 13.0 Å². The number of fused-ring (bicyclic) bond motifs is 3. The lowest BCUT2D eigenvalue weighted by molar-refractivity contribution is -0.298. The molecule has 3 aliphatic heterocycles. The fraction of sp³-hybridized carbons (Fsp3) is 0.619. The molecule has 1 fully saturated rings. The lowest BCUT2D eigenvalue weighted by Crippen LogP contribution is -2.54. The summed E-state index contributed by atoms with van der Waals surface area (Å²) in [5.41, 5.74) is -2.30. The Morgan fingerprint density at radius 3 is 2.60 bits per heavy atom. The summed E-state index contributed by atoms with van der Waals surface area (Å²) in [4.78, 5) is 25.1. The van der Waals surface area contributed by atoms with Gasteiger partial charge in [0.25, 0.3) is 0 Å². The highest BCUT2D eigenvalue weighted by molar-refractivity contribution is 5.95. The minimum Gasteiger partial charge on any atom is -0.454 e. The Hall–Kier alpha value is -2.04. The number of aliphatic hydroxyl groups is 2. The van der Waals surface area contributed by atoms with Gasteiger partial charge in [0, 0.05) is 32.6 Å². The van der Waals surface area contributed by atoms with Gasteiger partial charge in [0.1, 0.15) is 17.5 Å². The van der Waals surface area contributed by atoms with Crippen molar-refractivity contribution in [3.63, 3.8) is 0 Å². The quantitative estimate of drug-likeness (QED) is 0.473. The highest BCUT2D eigenvalue weighted by Gasteiger charge is 2.58. The van der Waals surface area contributed by atoms with Gasteiger partial charge in [-0.2, -0.15) is 0 Å². The van der Waals surface area contributed by atoms with E-state index in [9.17, 15) is 19.8 Å². The Bertz CT molecular complexity index is 824. The van der Waals surface area contributed by atoms with Crippen LogP contribution in [0, 0.1) is 0 Å². The molecular weight excluding hydrogens is 396 g/mol. The number of carbonyl (C=O) groups is 2. The van der Waals surface area contributed by atoms with E-state index in [0.717, 1.165) is 0 Å². The summed E-state index contributed by atoms with van der Waals surface area (Å²) >= 11 is 0. The molecule has 9 nitrogen and oxygen atoms in total. The van der Waals surface area contributed by atoms with Crippen molar-refractivity contribution >= 4 is 11.9 Å². The van der Waals surface area contributed by atoms with Gasteiger partial charge in [-0.25, -0.2) is 9.59 Å². The predicted octanol–water partition coefficient (Wildman–Crippen LogP) is 0.897. The largest absolute Gasteiger partial charge is 0.454 e. The lowest BCUT2D eigenvalue weighted by Gasteiger charge is -2.40. The number of rotatable bonds is 6. The first-order valence-electron chi connectivity index (χ1n) is 9.65. The minimum absolute atomic E-state index is 0.0465. The second-order valence-electron chi connectivity index (χ2n) is 8.33. The van der Waals surface area contributed by atoms with Gasteiger partial charge in [-0.3, -0.25) is 0 Å². The van der Waals surface area contributed by atoms with E-state index >= 15 is 0 Å². The zero-order valence-electron chi connectivity index (χ0n) is 17.6. The van der Waals surface area contributed by atoms with Crippen molar-refractivity contribution in [1.29, 1.82) is 0 Å². The summed E-state index contributed by atoms with van der Waals surface area (Å²) < 4.78 is 27.0. The Kier molecular flexibility index (Phi) is 5.96. The van der Waals surface area contributed by atoms with Crippen molar-refractivity contribution in [2.45, 2.75) is 56.2 Å². The maximum atomic E-state index is 12.6. The second kappa shape index (κ2) is 7.90. The highest BCUT2D eigenvalue weighted by atomic mass is 16.7. The monoisotopic (exact) mass is 424 g/mol. The van der Waals surface area contributed by atoms with Crippen LogP contribution in [0.25, 0.3) is 0 Å². The molecule has 2 bridgehead atoms. The van der Waals surface area contributed by atoms with Crippen LogP contribution >= 0.6 is 0 Å². The molecule has 30 heavy (non-hydrogen) atoms. The summed E-state index contributed by atoms with van der Waals surface area (Å²) in [6.45, 7) is 6.64. The number of esters is 2. The zero-order chi connectivity index (χ0) is 22.3. The van der Waals surface area contributed by atoms with Crippen molar-refractivity contribution in [1.82, 2.24) is 0 Å². The third kappa shape index (κ3) is 3.95. The normalized spacial score (nSPS) is 37.5. The van der Waals surface area contributed by atoms with Gasteiger partial charge in [-0.1, -0.05) is 6.58 Å². The molecule has 3 heterocycles. The number of ether oxygens (including phenoxy) is 5. The number of methoxy groups -OCH3 is 2. The lowest BCUT2D eigenvalue weighted by atomic mass is 9.82. The molecule has 0 aromatic carbocycles. The molecule has 9 heteroatoms. The van der Waals surface area contributed by atoms with Gasteiger partial charge in [-0.05, 0) is 26.3 Å². The van der Waals surface area contributed by atoms with Gasteiger partial charge in [-0.15, -0.1) is 0 Å². The minimum atomic E-state index is -1.88. The fourth-order valence-electron chi connectivity index (χ4n) is 4.05. The maximum absolute atomic E-state index is 12.6. The molecule has 166 valence electrons. The molecule has 0 radical (unpaired) electrons. The molecule has 2 N–H and O–H groups in total. The predicted molar refractivity (Wildman–Crippen MR) is 103 cm³/mol. The summed E-state index contributed by atoms with van der Waals surface area (Å²) in [7, 11) is 2.83. The molecule has 3 rings (SSSR count). The average Bonchev–Trinajstić information content (AvgIpc) is 3.12. The van der Waals surface area contributed by atoms with Crippen LogP contribution in [-0.2, 0) is 33.3 Å². The Labute approximate surface area is 174 Å². The highest BCUT2D eigenvalue weighted by Crippen LogP contribution is 2.49. The van der Waals surface area contributed by atoms with E-state index in [1.807, 2.05) is 0 Å². The van der Waals surface area contributed by atoms with Gasteiger partial charge < -0.3 is 33.9 Å². The van der Waals surface area contributed by atoms with Gasteiger partial charge in [0.05, 0.1) is 30.0 Å². The SMILES string of the molecule is C=C(COC)C(=O)O[C@H]1C[C@@](C)(O)[C@]2(O)CC[C@](C)(/C=C3/OC(=O)C(COC)=C31)O2. The van der Waals surface area contributed by atoms with Crippen molar-refractivity contribution in [3.05, 3.63) is 35.1 Å². The van der Waals surface area contributed by atoms with E-state index in [1.165, 1.54) is 21.1 Å². The molecule has 4 atom stereocenters. The van der Waals surface area contributed by atoms with E-state index in [0.29, 0.717) is 6.42 Å². The fourth-order valence-corrected chi connectivity index (χ4v) is 4.05. The molecule has 0 amide bonds. The van der Waals surface area contributed by atoms with Crippen LogP contribution in [0.2, 0.25) is 0 Å². The summed E-state index contributed by atoms with van der Waals surface area (Å²) in [5, 5.41) is 22.2. The Morgan fingerprint density at radius 2 is 1.97 bits per heavy atom. The Balaban J connectivity index is 2.12. The first-order chi connectivity index (χ1) is 14.0. The van der Waals surface area contributed by atoms with Crippen molar-refractivity contribution in [2.75, 3.05) is 27.4 Å². The molecule has 3 aliphatic rings. The number of hydrogen-bond donors (Lipinski definition) is 2. The van der Waals surface area contributed by atoms with E-state index in [2.05, 4.69) is 6.58 Å². The van der Waals surface area contributed by atoms with Gasteiger partial charge in [0.15, 0.2) is 5.79 Å². The molecule has 0 saturated carbocycles. The maximum Gasteiger partial charge on any atom is 0.342 e. The van der Waals surface area contributed by atoms with Crippen LogP contribution in [0.5, 0.6) is 0 Å². The number of carbonyl (C=O) groups excluding carboxylic acids is 2. The van der Waals surface area contributed by atoms with Crippen LogP contribution in [0.1, 0.15) is 33.1 Å². The van der Waals surface area contributed by atoms with Crippen molar-refractivity contribution in [2.24, 2.45) is 0 Å². The molecular formula is C21H28O9. The summed E-state index contributed by atoms with van der Waals surface area (Å²) in [6.07, 6.45) is 0.743. The third-order valence-corrected chi connectivity index (χ3v) is 5.73. The zero-order valence-corrected chi connectivity index (χ0v) is 17.6. The van der Waals surface area contributed by atoms with Crippen LogP contribution in [0.4, 0.5) is 0 Å². The summed E-state index contributed by atoms with van der Waals surface area (Å²) in [6, 6.07) is 0. The van der Waals surface area contributed by atoms with Gasteiger partial charge in [0.2, 0.25) is 0 Å². The van der Waals surface area contributed by atoms with Crippen molar-refractivity contribution in [3.8, 4) is 0 Å². The average molecular weight is 424 g/mol. The first-order valence-corrected chi connectivity index (χ1v) is 9.65. The molecule has 0 aromatic heterocycles. The smallest absolute Gasteiger partial charge is 0.342 e. The first kappa shape index (κ1) is 22.6.